The van der Waals surface area contributed by atoms with Crippen molar-refractivity contribution >= 4 is 5.97 Å². The van der Waals surface area contributed by atoms with Crippen LogP contribution in [0.25, 0.3) is 0 Å². The van der Waals surface area contributed by atoms with Gasteiger partial charge in [0.1, 0.15) is 11.9 Å². The van der Waals surface area contributed by atoms with Crippen LogP contribution in [0.1, 0.15) is 23.7 Å². The zero-order valence-electron chi connectivity index (χ0n) is 8.79. The maximum Gasteiger partial charge on any atom is 0.306 e. The molecule has 0 spiro atoms. The first-order valence-corrected chi connectivity index (χ1v) is 4.79. The molecule has 0 bridgehead atoms. The van der Waals surface area contributed by atoms with Gasteiger partial charge in [0.05, 0.1) is 12.5 Å². The van der Waals surface area contributed by atoms with Crippen LogP contribution in [0.2, 0.25) is 0 Å². The van der Waals surface area contributed by atoms with Crippen LogP contribution >= 0.6 is 0 Å². The number of aryl methyl sites for hydroxylation is 1. The van der Waals surface area contributed by atoms with E-state index < -0.39 is 24.6 Å². The van der Waals surface area contributed by atoms with Gasteiger partial charge in [0, 0.05) is 0 Å². The Balaban J connectivity index is 2.90. The molecule has 0 amide bonds. The van der Waals surface area contributed by atoms with Gasteiger partial charge in [-0.15, -0.1) is 0 Å². The number of carbonyl (C=O) groups is 1. The normalized spacial score (nSPS) is 14.4. The van der Waals surface area contributed by atoms with E-state index in [2.05, 4.69) is 0 Å². The van der Waals surface area contributed by atoms with E-state index in [1.54, 1.807) is 13.0 Å². The van der Waals surface area contributed by atoms with E-state index in [1.807, 2.05) is 0 Å². The Morgan fingerprint density at radius 2 is 2.00 bits per heavy atom. The second-order valence-corrected chi connectivity index (χ2v) is 3.65. The van der Waals surface area contributed by atoms with E-state index in [4.69, 9.17) is 5.11 Å². The first kappa shape index (κ1) is 12.5. The minimum absolute atomic E-state index is 0.0397. The molecule has 1 aromatic rings. The summed E-state index contributed by atoms with van der Waals surface area (Å²) in [6.07, 6.45) is -3.25. The summed E-state index contributed by atoms with van der Waals surface area (Å²) < 4.78 is 0. The van der Waals surface area contributed by atoms with Crippen LogP contribution in [0.5, 0.6) is 5.75 Å². The number of aromatic hydroxyl groups is 1. The SMILES string of the molecule is Cc1ccc(O)cc1C(O)C(O)CC(=O)O. The number of carboxylic acids is 1. The van der Waals surface area contributed by atoms with Crippen LogP contribution in [-0.4, -0.2) is 32.5 Å². The lowest BCUT2D eigenvalue weighted by molar-refractivity contribution is -0.141. The quantitative estimate of drug-likeness (QED) is 0.601. The third-order valence-corrected chi connectivity index (χ3v) is 2.33. The number of aliphatic hydroxyl groups is 2. The third-order valence-electron chi connectivity index (χ3n) is 2.33. The molecule has 88 valence electrons. The molecule has 0 aromatic heterocycles. The van der Waals surface area contributed by atoms with Gasteiger partial charge in [-0.2, -0.15) is 0 Å². The van der Waals surface area contributed by atoms with Crippen LogP contribution in [0, 0.1) is 6.92 Å². The standard InChI is InChI=1S/C11H14O5/c1-6-2-3-7(12)4-8(6)11(16)9(13)5-10(14)15/h2-4,9,11-13,16H,5H2,1H3,(H,14,15). The Kier molecular flexibility index (Phi) is 3.87. The third kappa shape index (κ3) is 2.95. The summed E-state index contributed by atoms with van der Waals surface area (Å²) >= 11 is 0. The number of benzene rings is 1. The summed E-state index contributed by atoms with van der Waals surface area (Å²) in [5.41, 5.74) is 1.00. The van der Waals surface area contributed by atoms with Gasteiger partial charge in [-0.1, -0.05) is 6.07 Å². The van der Waals surface area contributed by atoms with Gasteiger partial charge in [0.2, 0.25) is 0 Å². The van der Waals surface area contributed by atoms with Crippen LogP contribution in [-0.2, 0) is 4.79 Å². The summed E-state index contributed by atoms with van der Waals surface area (Å²) in [5, 5.41) is 36.9. The molecule has 0 saturated carbocycles. The Morgan fingerprint density at radius 1 is 1.38 bits per heavy atom. The van der Waals surface area contributed by atoms with Crippen molar-refractivity contribution in [1.82, 2.24) is 0 Å². The zero-order chi connectivity index (χ0) is 12.3. The van der Waals surface area contributed by atoms with Crippen molar-refractivity contribution in [2.24, 2.45) is 0 Å². The van der Waals surface area contributed by atoms with Gasteiger partial charge >= 0.3 is 5.97 Å². The van der Waals surface area contributed by atoms with Crippen molar-refractivity contribution in [3.05, 3.63) is 29.3 Å². The Morgan fingerprint density at radius 3 is 2.56 bits per heavy atom. The second kappa shape index (κ2) is 4.96. The van der Waals surface area contributed by atoms with E-state index in [0.717, 1.165) is 0 Å². The Hall–Kier alpha value is -1.59. The number of hydrogen-bond donors (Lipinski definition) is 4. The smallest absolute Gasteiger partial charge is 0.306 e. The molecular formula is C11H14O5. The van der Waals surface area contributed by atoms with Gasteiger partial charge in [-0.25, -0.2) is 0 Å². The van der Waals surface area contributed by atoms with Crippen LogP contribution < -0.4 is 0 Å². The lowest BCUT2D eigenvalue weighted by atomic mass is 9.97. The van der Waals surface area contributed by atoms with E-state index in [9.17, 15) is 20.1 Å². The summed E-state index contributed by atoms with van der Waals surface area (Å²) in [4.78, 5) is 10.4. The van der Waals surface area contributed by atoms with Crippen molar-refractivity contribution in [2.75, 3.05) is 0 Å². The van der Waals surface area contributed by atoms with Crippen LogP contribution in [0.15, 0.2) is 18.2 Å². The molecule has 2 unspecified atom stereocenters. The number of carboxylic acid groups (broad SMARTS) is 1. The molecule has 2 atom stereocenters. The average molecular weight is 226 g/mol. The number of aliphatic hydroxyl groups excluding tert-OH is 2. The molecule has 0 aliphatic heterocycles. The molecular weight excluding hydrogens is 212 g/mol. The number of aliphatic carboxylic acids is 1. The number of rotatable bonds is 4. The lowest BCUT2D eigenvalue weighted by Gasteiger charge is -2.18. The maximum atomic E-state index is 10.4. The molecule has 1 rings (SSSR count). The molecule has 1 aromatic carbocycles. The molecule has 4 N–H and O–H groups in total. The fraction of sp³-hybridized carbons (Fsp3) is 0.364. The Bertz CT molecular complexity index is 388. The molecule has 16 heavy (non-hydrogen) atoms. The highest BCUT2D eigenvalue weighted by atomic mass is 16.4. The highest BCUT2D eigenvalue weighted by Gasteiger charge is 2.22. The summed E-state index contributed by atoms with van der Waals surface area (Å²) in [5.74, 6) is -1.23. The molecule has 5 heteroatoms. The molecule has 0 heterocycles. The fourth-order valence-electron chi connectivity index (χ4n) is 1.44. The van der Waals surface area contributed by atoms with E-state index in [-0.39, 0.29) is 5.75 Å². The van der Waals surface area contributed by atoms with Crippen molar-refractivity contribution in [3.8, 4) is 5.75 Å². The van der Waals surface area contributed by atoms with Gasteiger partial charge in [-0.05, 0) is 30.2 Å². The zero-order valence-corrected chi connectivity index (χ0v) is 8.79. The fourth-order valence-corrected chi connectivity index (χ4v) is 1.44. The second-order valence-electron chi connectivity index (χ2n) is 3.65. The number of phenolic OH excluding ortho intramolecular Hbond substituents is 1. The molecule has 0 radical (unpaired) electrons. The first-order chi connectivity index (χ1) is 7.41. The monoisotopic (exact) mass is 226 g/mol. The number of hydrogen-bond acceptors (Lipinski definition) is 4. The van der Waals surface area contributed by atoms with Crippen LogP contribution in [0.3, 0.4) is 0 Å². The largest absolute Gasteiger partial charge is 0.508 e. The summed E-state index contributed by atoms with van der Waals surface area (Å²) in [6, 6.07) is 4.35. The molecule has 0 aliphatic rings. The van der Waals surface area contributed by atoms with Gasteiger partial charge in [0.15, 0.2) is 0 Å². The van der Waals surface area contributed by atoms with Crippen molar-refractivity contribution in [3.63, 3.8) is 0 Å². The summed E-state index contributed by atoms with van der Waals surface area (Å²) in [7, 11) is 0. The highest BCUT2D eigenvalue weighted by molar-refractivity contribution is 5.67. The minimum Gasteiger partial charge on any atom is -0.508 e. The molecule has 0 saturated heterocycles. The van der Waals surface area contributed by atoms with Gasteiger partial charge in [-0.3, -0.25) is 4.79 Å². The molecule has 0 fully saturated rings. The first-order valence-electron chi connectivity index (χ1n) is 4.79. The predicted molar refractivity (Wildman–Crippen MR) is 56.1 cm³/mol. The topological polar surface area (TPSA) is 98.0 Å². The van der Waals surface area contributed by atoms with Crippen molar-refractivity contribution in [2.45, 2.75) is 25.6 Å². The van der Waals surface area contributed by atoms with E-state index in [0.29, 0.717) is 11.1 Å². The van der Waals surface area contributed by atoms with E-state index >= 15 is 0 Å². The maximum absolute atomic E-state index is 10.4. The highest BCUT2D eigenvalue weighted by Crippen LogP contribution is 2.25. The predicted octanol–water partition coefficient (Wildman–Crippen LogP) is 0.570. The Labute approximate surface area is 92.6 Å². The van der Waals surface area contributed by atoms with Crippen molar-refractivity contribution < 1.29 is 25.2 Å². The average Bonchev–Trinajstić information content (AvgIpc) is 2.19. The number of phenols is 1. The van der Waals surface area contributed by atoms with Crippen LogP contribution in [0.4, 0.5) is 0 Å². The molecule has 0 aliphatic carbocycles. The lowest BCUT2D eigenvalue weighted by Crippen LogP contribution is -2.22. The van der Waals surface area contributed by atoms with Gasteiger partial charge < -0.3 is 20.4 Å². The van der Waals surface area contributed by atoms with Crippen molar-refractivity contribution in [1.29, 1.82) is 0 Å². The summed E-state index contributed by atoms with van der Waals surface area (Å²) in [6.45, 7) is 1.70. The van der Waals surface area contributed by atoms with E-state index in [1.165, 1.54) is 12.1 Å². The minimum atomic E-state index is -1.39. The molecule has 5 nitrogen and oxygen atoms in total. The van der Waals surface area contributed by atoms with Gasteiger partial charge in [0.25, 0.3) is 0 Å².